The highest BCUT2D eigenvalue weighted by Crippen LogP contribution is 2.23. The van der Waals surface area contributed by atoms with E-state index in [4.69, 9.17) is 11.0 Å². The van der Waals surface area contributed by atoms with Crippen LogP contribution < -0.4 is 5.90 Å². The molecule has 2 aromatic rings. The Bertz CT molecular complexity index is 662. The number of benzene rings is 1. The first-order valence-electron chi connectivity index (χ1n) is 5.53. The van der Waals surface area contributed by atoms with Crippen LogP contribution in [0.1, 0.15) is 16.1 Å². The van der Waals surface area contributed by atoms with Gasteiger partial charge in [0.1, 0.15) is 11.6 Å². The molecule has 0 unspecified atom stereocenters. The lowest BCUT2D eigenvalue weighted by atomic mass is 10.1. The lowest BCUT2D eigenvalue weighted by Gasteiger charge is -2.08. The molecule has 0 aliphatic rings. The quantitative estimate of drug-likeness (QED) is 0.838. The van der Waals surface area contributed by atoms with Gasteiger partial charge in [0, 0.05) is 17.2 Å². The molecule has 1 heterocycles. The zero-order chi connectivity index (χ0) is 14.7. The molecule has 0 atom stereocenters. The maximum atomic E-state index is 13.6. The van der Waals surface area contributed by atoms with Crippen molar-refractivity contribution in [3.05, 3.63) is 53.2 Å². The Morgan fingerprint density at radius 2 is 2.05 bits per heavy atom. The Morgan fingerprint density at radius 1 is 1.30 bits per heavy atom. The van der Waals surface area contributed by atoms with Gasteiger partial charge in [0.15, 0.2) is 5.69 Å². The van der Waals surface area contributed by atoms with Crippen LogP contribution in [0.15, 0.2) is 30.3 Å². The molecule has 2 rings (SSSR count). The largest absolute Gasteiger partial charge is 0.477 e. The van der Waals surface area contributed by atoms with Gasteiger partial charge in [-0.2, -0.15) is 0 Å². The maximum absolute atomic E-state index is 13.6. The number of rotatable bonds is 4. The minimum Gasteiger partial charge on any atom is -0.477 e. The molecule has 0 bridgehead atoms. The van der Waals surface area contributed by atoms with Crippen LogP contribution in [-0.4, -0.2) is 16.1 Å². The monoisotopic (exact) mass is 280 g/mol. The number of halogens is 2. The van der Waals surface area contributed by atoms with E-state index in [9.17, 15) is 13.6 Å². The van der Waals surface area contributed by atoms with E-state index in [1.807, 2.05) is 0 Å². The van der Waals surface area contributed by atoms with Crippen LogP contribution in [0, 0.1) is 11.6 Å². The summed E-state index contributed by atoms with van der Waals surface area (Å²) in [5, 5.41) is 9.06. The van der Waals surface area contributed by atoms with Gasteiger partial charge in [-0.05, 0) is 18.2 Å². The molecule has 5 nitrogen and oxygen atoms in total. The predicted molar refractivity (Wildman–Crippen MR) is 65.5 cm³/mol. The van der Waals surface area contributed by atoms with Crippen molar-refractivity contribution in [2.45, 2.75) is 6.61 Å². The van der Waals surface area contributed by atoms with E-state index in [1.165, 1.54) is 18.2 Å². The van der Waals surface area contributed by atoms with Crippen molar-refractivity contribution in [1.29, 1.82) is 0 Å². The topological polar surface area (TPSA) is 85.4 Å². The number of aromatic carboxylic acids is 1. The first-order valence-corrected chi connectivity index (χ1v) is 5.53. The number of carboxylic acid groups (broad SMARTS) is 1. The zero-order valence-electron chi connectivity index (χ0n) is 10.1. The smallest absolute Gasteiger partial charge is 0.354 e. The number of hydrogen-bond acceptors (Lipinski definition) is 4. The highest BCUT2D eigenvalue weighted by atomic mass is 19.1. The zero-order valence-corrected chi connectivity index (χ0v) is 10.1. The Labute approximate surface area is 112 Å². The van der Waals surface area contributed by atoms with Crippen molar-refractivity contribution in [3.8, 4) is 11.3 Å². The SMILES string of the molecule is NOCc1ccc(-c2ccc(F)cc2F)nc1C(=O)O. The van der Waals surface area contributed by atoms with Gasteiger partial charge < -0.3 is 5.11 Å². The second-order valence-electron chi connectivity index (χ2n) is 3.94. The third kappa shape index (κ3) is 2.79. The predicted octanol–water partition coefficient (Wildman–Crippen LogP) is 2.12. The van der Waals surface area contributed by atoms with Gasteiger partial charge in [0.25, 0.3) is 0 Å². The fraction of sp³-hybridized carbons (Fsp3) is 0.0769. The van der Waals surface area contributed by atoms with Crippen LogP contribution in [-0.2, 0) is 11.4 Å². The molecule has 3 N–H and O–H groups in total. The van der Waals surface area contributed by atoms with Crippen LogP contribution in [0.2, 0.25) is 0 Å². The third-order valence-corrected chi connectivity index (χ3v) is 2.63. The normalized spacial score (nSPS) is 10.6. The second-order valence-corrected chi connectivity index (χ2v) is 3.94. The Morgan fingerprint density at radius 3 is 2.65 bits per heavy atom. The Kier molecular flexibility index (Phi) is 4.02. The molecule has 0 aliphatic heterocycles. The molecule has 7 heteroatoms. The van der Waals surface area contributed by atoms with Crippen molar-refractivity contribution >= 4 is 5.97 Å². The van der Waals surface area contributed by atoms with Crippen molar-refractivity contribution < 1.29 is 23.5 Å². The fourth-order valence-electron chi connectivity index (χ4n) is 1.73. The Hall–Kier alpha value is -2.38. The number of aromatic nitrogens is 1. The summed E-state index contributed by atoms with van der Waals surface area (Å²) in [6.45, 7) is -0.138. The van der Waals surface area contributed by atoms with E-state index in [2.05, 4.69) is 9.82 Å². The summed E-state index contributed by atoms with van der Waals surface area (Å²) in [6.07, 6.45) is 0. The minimum atomic E-state index is -1.29. The van der Waals surface area contributed by atoms with Gasteiger partial charge in [-0.3, -0.25) is 4.84 Å². The number of hydrogen-bond donors (Lipinski definition) is 2. The lowest BCUT2D eigenvalue weighted by molar-refractivity contribution is 0.0680. The first-order chi connectivity index (χ1) is 9.52. The molecule has 0 saturated carbocycles. The highest BCUT2D eigenvalue weighted by Gasteiger charge is 2.15. The summed E-state index contributed by atoms with van der Waals surface area (Å²) in [5.74, 6) is 2.06. The number of pyridine rings is 1. The van der Waals surface area contributed by atoms with Gasteiger partial charge in [-0.1, -0.05) is 6.07 Å². The molecule has 0 aliphatic carbocycles. The van der Waals surface area contributed by atoms with Gasteiger partial charge in [-0.15, -0.1) is 0 Å². The standard InChI is InChI=1S/C13H10F2N2O3/c14-8-2-3-9(10(15)5-8)11-4-1-7(6-20-16)12(17-11)13(18)19/h1-5H,6,16H2,(H,18,19). The van der Waals surface area contributed by atoms with Crippen molar-refractivity contribution in [2.24, 2.45) is 5.90 Å². The molecular weight excluding hydrogens is 270 g/mol. The summed E-state index contributed by atoms with van der Waals surface area (Å²) >= 11 is 0. The molecular formula is C13H10F2N2O3. The minimum absolute atomic E-state index is 0.00844. The van der Waals surface area contributed by atoms with Crippen LogP contribution in [0.4, 0.5) is 8.78 Å². The van der Waals surface area contributed by atoms with Crippen molar-refractivity contribution in [3.63, 3.8) is 0 Å². The number of carbonyl (C=O) groups is 1. The van der Waals surface area contributed by atoms with E-state index < -0.39 is 17.6 Å². The number of nitrogens with zero attached hydrogens (tertiary/aromatic N) is 1. The molecule has 104 valence electrons. The van der Waals surface area contributed by atoms with Crippen LogP contribution >= 0.6 is 0 Å². The summed E-state index contributed by atoms with van der Waals surface area (Å²) < 4.78 is 26.5. The van der Waals surface area contributed by atoms with Crippen molar-refractivity contribution in [1.82, 2.24) is 4.98 Å². The summed E-state index contributed by atoms with van der Waals surface area (Å²) in [5.41, 5.74) is 0.0535. The third-order valence-electron chi connectivity index (χ3n) is 2.63. The summed E-state index contributed by atoms with van der Waals surface area (Å²) in [6, 6.07) is 5.79. The maximum Gasteiger partial charge on any atom is 0.354 e. The van der Waals surface area contributed by atoms with Crippen LogP contribution in [0.25, 0.3) is 11.3 Å². The van der Waals surface area contributed by atoms with Crippen molar-refractivity contribution in [2.75, 3.05) is 0 Å². The summed E-state index contributed by atoms with van der Waals surface area (Å²) in [7, 11) is 0. The molecule has 1 aromatic heterocycles. The molecule has 20 heavy (non-hydrogen) atoms. The molecule has 0 fully saturated rings. The van der Waals surface area contributed by atoms with Gasteiger partial charge >= 0.3 is 5.97 Å². The van der Waals surface area contributed by atoms with E-state index >= 15 is 0 Å². The number of nitrogens with two attached hydrogens (primary N) is 1. The van der Waals surface area contributed by atoms with E-state index in [0.29, 0.717) is 6.07 Å². The molecule has 0 saturated heterocycles. The van der Waals surface area contributed by atoms with E-state index in [0.717, 1.165) is 6.07 Å². The van der Waals surface area contributed by atoms with Crippen LogP contribution in [0.3, 0.4) is 0 Å². The second kappa shape index (κ2) is 5.72. The van der Waals surface area contributed by atoms with E-state index in [1.54, 1.807) is 0 Å². The highest BCUT2D eigenvalue weighted by molar-refractivity contribution is 5.88. The lowest BCUT2D eigenvalue weighted by Crippen LogP contribution is -2.10. The van der Waals surface area contributed by atoms with Gasteiger partial charge in [0.2, 0.25) is 0 Å². The average molecular weight is 280 g/mol. The summed E-state index contributed by atoms with van der Waals surface area (Å²) in [4.78, 5) is 19.3. The van der Waals surface area contributed by atoms with Gasteiger partial charge in [0.05, 0.1) is 12.3 Å². The Balaban J connectivity index is 2.53. The number of carboxylic acids is 1. The van der Waals surface area contributed by atoms with E-state index in [-0.39, 0.29) is 29.1 Å². The average Bonchev–Trinajstić information content (AvgIpc) is 2.39. The molecule has 0 amide bonds. The fourth-order valence-corrected chi connectivity index (χ4v) is 1.73. The molecule has 1 aromatic carbocycles. The first kappa shape index (κ1) is 14.0. The van der Waals surface area contributed by atoms with Crippen LogP contribution in [0.5, 0.6) is 0 Å². The molecule has 0 spiro atoms. The molecule has 0 radical (unpaired) electrons. The van der Waals surface area contributed by atoms with Gasteiger partial charge in [-0.25, -0.2) is 24.5 Å².